The largest absolute Gasteiger partial charge is 0.481 e. The second-order valence-corrected chi connectivity index (χ2v) is 7.51. The van der Waals surface area contributed by atoms with E-state index in [-0.39, 0.29) is 24.3 Å². The number of nitrogens with one attached hydrogen (secondary N) is 2. The Morgan fingerprint density at radius 1 is 1.25 bits per heavy atom. The molecule has 0 spiro atoms. The smallest absolute Gasteiger partial charge is 0.311 e. The van der Waals surface area contributed by atoms with Crippen LogP contribution in [0.4, 0.5) is 5.69 Å². The van der Waals surface area contributed by atoms with Crippen molar-refractivity contribution in [1.82, 2.24) is 5.32 Å². The van der Waals surface area contributed by atoms with Crippen LogP contribution in [0.2, 0.25) is 0 Å². The van der Waals surface area contributed by atoms with Crippen LogP contribution in [0.5, 0.6) is 0 Å². The number of hydrogen-bond acceptors (Lipinski definition) is 4. The molecule has 1 atom stereocenters. The fraction of sp³-hybridized carbons (Fsp3) is 0.471. The minimum Gasteiger partial charge on any atom is -0.481 e. The summed E-state index contributed by atoms with van der Waals surface area (Å²) in [6.45, 7) is 0. The molecule has 3 N–H and O–H groups in total. The molecule has 0 bridgehead atoms. The van der Waals surface area contributed by atoms with E-state index in [2.05, 4.69) is 10.6 Å². The first kappa shape index (κ1) is 16.8. The molecule has 6 nitrogen and oxygen atoms in total. The molecule has 1 aliphatic heterocycles. The van der Waals surface area contributed by atoms with Crippen molar-refractivity contribution in [2.45, 2.75) is 31.7 Å². The van der Waals surface area contributed by atoms with E-state index in [1.165, 1.54) is 0 Å². The molecule has 128 valence electrons. The van der Waals surface area contributed by atoms with E-state index < -0.39 is 11.4 Å². The maximum Gasteiger partial charge on any atom is 0.311 e. The number of amides is 2. The molecule has 7 heteroatoms. The standard InChI is InChI=1S/C17H20N2O4S/c20-14(9-17(16(22)23)7-8-24-10-17)19-13-4-2-1-3-12(13)15(21)18-11-5-6-11/h1-4,11H,5-10H2,(H,18,21)(H,19,20)(H,22,23)/t17-/m1/s1. The van der Waals surface area contributed by atoms with Crippen LogP contribution in [0.1, 0.15) is 36.0 Å². The normalized spacial score (nSPS) is 22.8. The number of rotatable bonds is 6. The molecule has 0 aromatic heterocycles. The number of thioether (sulfide) groups is 1. The first-order valence-corrected chi connectivity index (χ1v) is 9.16. The third-order valence-electron chi connectivity index (χ3n) is 4.41. The zero-order chi connectivity index (χ0) is 17.2. The van der Waals surface area contributed by atoms with Crippen LogP contribution in [-0.2, 0) is 9.59 Å². The van der Waals surface area contributed by atoms with E-state index >= 15 is 0 Å². The summed E-state index contributed by atoms with van der Waals surface area (Å²) in [5, 5.41) is 15.1. The Balaban J connectivity index is 1.70. The van der Waals surface area contributed by atoms with Gasteiger partial charge < -0.3 is 15.7 Å². The third kappa shape index (κ3) is 3.72. The van der Waals surface area contributed by atoms with Crippen molar-refractivity contribution >= 4 is 35.2 Å². The highest BCUT2D eigenvalue weighted by Gasteiger charge is 2.43. The van der Waals surface area contributed by atoms with E-state index in [0.717, 1.165) is 18.6 Å². The molecule has 1 saturated heterocycles. The number of carbonyl (C=O) groups excluding carboxylic acids is 2. The van der Waals surface area contributed by atoms with Crippen LogP contribution < -0.4 is 10.6 Å². The van der Waals surface area contributed by atoms with E-state index in [1.54, 1.807) is 36.0 Å². The minimum absolute atomic E-state index is 0.0755. The first-order valence-electron chi connectivity index (χ1n) is 8.01. The molecule has 0 unspecified atom stereocenters. The maximum atomic E-state index is 12.4. The highest BCUT2D eigenvalue weighted by Crippen LogP contribution is 2.39. The van der Waals surface area contributed by atoms with Gasteiger partial charge in [-0.05, 0) is 37.1 Å². The molecule has 2 aliphatic rings. The quantitative estimate of drug-likeness (QED) is 0.732. The van der Waals surface area contributed by atoms with E-state index in [0.29, 0.717) is 23.4 Å². The fourth-order valence-corrected chi connectivity index (χ4v) is 4.21. The molecule has 1 aliphatic carbocycles. The van der Waals surface area contributed by atoms with Crippen LogP contribution >= 0.6 is 11.8 Å². The van der Waals surface area contributed by atoms with Crippen LogP contribution in [0.25, 0.3) is 0 Å². The Labute approximate surface area is 144 Å². The van der Waals surface area contributed by atoms with Gasteiger partial charge in [0.05, 0.1) is 16.7 Å². The molecule has 3 rings (SSSR count). The van der Waals surface area contributed by atoms with Gasteiger partial charge in [-0.2, -0.15) is 11.8 Å². The molecular weight excluding hydrogens is 328 g/mol. The topological polar surface area (TPSA) is 95.5 Å². The van der Waals surface area contributed by atoms with Gasteiger partial charge >= 0.3 is 5.97 Å². The summed E-state index contributed by atoms with van der Waals surface area (Å²) >= 11 is 1.55. The summed E-state index contributed by atoms with van der Waals surface area (Å²) in [6, 6.07) is 7.03. The molecule has 2 amide bonds. The predicted molar refractivity (Wildman–Crippen MR) is 92.2 cm³/mol. The van der Waals surface area contributed by atoms with Crippen molar-refractivity contribution in [2.24, 2.45) is 5.41 Å². The number of benzene rings is 1. The van der Waals surface area contributed by atoms with Gasteiger partial charge in [0.2, 0.25) is 5.91 Å². The van der Waals surface area contributed by atoms with Crippen molar-refractivity contribution < 1.29 is 19.5 Å². The summed E-state index contributed by atoms with van der Waals surface area (Å²) in [5.41, 5.74) is -0.172. The molecular formula is C17H20N2O4S. The highest BCUT2D eigenvalue weighted by molar-refractivity contribution is 7.99. The second kappa shape index (κ2) is 6.84. The lowest BCUT2D eigenvalue weighted by atomic mass is 9.84. The number of para-hydroxylation sites is 1. The molecule has 1 saturated carbocycles. The lowest BCUT2D eigenvalue weighted by Gasteiger charge is -2.22. The Bertz CT molecular complexity index is 666. The number of hydrogen-bond donors (Lipinski definition) is 3. The Kier molecular flexibility index (Phi) is 4.80. The number of carbonyl (C=O) groups is 3. The van der Waals surface area contributed by atoms with Gasteiger partial charge in [0.25, 0.3) is 5.91 Å². The van der Waals surface area contributed by atoms with Crippen LogP contribution in [0.3, 0.4) is 0 Å². The monoisotopic (exact) mass is 348 g/mol. The molecule has 1 heterocycles. The number of aliphatic carboxylic acids is 1. The zero-order valence-corrected chi connectivity index (χ0v) is 14.0. The van der Waals surface area contributed by atoms with E-state index in [4.69, 9.17) is 0 Å². The predicted octanol–water partition coefficient (Wildman–Crippen LogP) is 2.12. The van der Waals surface area contributed by atoms with Crippen LogP contribution in [-0.4, -0.2) is 40.4 Å². The summed E-state index contributed by atoms with van der Waals surface area (Å²) in [4.78, 5) is 36.2. The van der Waals surface area contributed by atoms with Crippen LogP contribution in [0, 0.1) is 5.41 Å². The van der Waals surface area contributed by atoms with Gasteiger partial charge in [-0.3, -0.25) is 14.4 Å². The number of carboxylic acids is 1. The van der Waals surface area contributed by atoms with Crippen molar-refractivity contribution in [1.29, 1.82) is 0 Å². The lowest BCUT2D eigenvalue weighted by molar-refractivity contribution is -0.149. The Hall–Kier alpha value is -2.02. The zero-order valence-electron chi connectivity index (χ0n) is 13.2. The second-order valence-electron chi connectivity index (χ2n) is 6.41. The van der Waals surface area contributed by atoms with Crippen LogP contribution in [0.15, 0.2) is 24.3 Å². The minimum atomic E-state index is -1.00. The van der Waals surface area contributed by atoms with E-state index in [1.807, 2.05) is 0 Å². The van der Waals surface area contributed by atoms with Crippen molar-refractivity contribution in [3.8, 4) is 0 Å². The van der Waals surface area contributed by atoms with Gasteiger partial charge in [-0.25, -0.2) is 0 Å². The van der Waals surface area contributed by atoms with Gasteiger partial charge in [-0.1, -0.05) is 12.1 Å². The number of anilines is 1. The average Bonchev–Trinajstić information content (AvgIpc) is 3.22. The highest BCUT2D eigenvalue weighted by atomic mass is 32.2. The van der Waals surface area contributed by atoms with Gasteiger partial charge in [0, 0.05) is 18.2 Å². The number of carboxylic acid groups (broad SMARTS) is 1. The summed E-state index contributed by atoms with van der Waals surface area (Å²) in [5.74, 6) is -0.314. The van der Waals surface area contributed by atoms with Gasteiger partial charge in [0.1, 0.15) is 0 Å². The molecule has 0 radical (unpaired) electrons. The molecule has 1 aromatic carbocycles. The third-order valence-corrected chi connectivity index (χ3v) is 5.66. The van der Waals surface area contributed by atoms with Crippen molar-refractivity contribution in [3.63, 3.8) is 0 Å². The Morgan fingerprint density at radius 3 is 2.62 bits per heavy atom. The van der Waals surface area contributed by atoms with Crippen molar-refractivity contribution in [3.05, 3.63) is 29.8 Å². The molecule has 1 aromatic rings. The van der Waals surface area contributed by atoms with E-state index in [9.17, 15) is 19.5 Å². The molecule has 24 heavy (non-hydrogen) atoms. The van der Waals surface area contributed by atoms with Gasteiger partial charge in [0.15, 0.2) is 0 Å². The summed E-state index contributed by atoms with van der Waals surface area (Å²) in [6.07, 6.45) is 2.39. The fourth-order valence-electron chi connectivity index (χ4n) is 2.77. The average molecular weight is 348 g/mol. The van der Waals surface area contributed by atoms with Gasteiger partial charge in [-0.15, -0.1) is 0 Å². The molecule has 2 fully saturated rings. The Morgan fingerprint density at radius 2 is 2.00 bits per heavy atom. The van der Waals surface area contributed by atoms with Crippen molar-refractivity contribution in [2.75, 3.05) is 16.8 Å². The first-order chi connectivity index (χ1) is 11.5. The summed E-state index contributed by atoms with van der Waals surface area (Å²) in [7, 11) is 0. The maximum absolute atomic E-state index is 12.4. The summed E-state index contributed by atoms with van der Waals surface area (Å²) < 4.78 is 0. The lowest BCUT2D eigenvalue weighted by Crippen LogP contribution is -2.35. The SMILES string of the molecule is O=C(C[C@]1(C(=O)O)CCSC1)Nc1ccccc1C(=O)NC1CC1.